The minimum absolute atomic E-state index is 0.816. The standard InChI is InChI=1S/C16H33N/c1-13(2)15(4)16(5)14(3)12-17-10-8-6-7-9-11-17/h13-16H,6-12H2,1-5H3. The van der Waals surface area contributed by atoms with Crippen molar-refractivity contribution in [2.75, 3.05) is 19.6 Å². The van der Waals surface area contributed by atoms with Crippen LogP contribution in [0.2, 0.25) is 0 Å². The fraction of sp³-hybridized carbons (Fsp3) is 1.00. The van der Waals surface area contributed by atoms with Crippen LogP contribution in [0.15, 0.2) is 0 Å². The van der Waals surface area contributed by atoms with Gasteiger partial charge in [0.25, 0.3) is 0 Å². The van der Waals surface area contributed by atoms with Crippen LogP contribution in [0.5, 0.6) is 0 Å². The lowest BCUT2D eigenvalue weighted by molar-refractivity contribution is 0.161. The monoisotopic (exact) mass is 239 g/mol. The van der Waals surface area contributed by atoms with E-state index in [0.717, 1.165) is 23.7 Å². The lowest BCUT2D eigenvalue weighted by Crippen LogP contribution is -2.34. The Morgan fingerprint density at radius 3 is 1.76 bits per heavy atom. The normalized spacial score (nSPS) is 24.4. The summed E-state index contributed by atoms with van der Waals surface area (Å²) in [5.41, 5.74) is 0. The zero-order valence-electron chi connectivity index (χ0n) is 12.7. The topological polar surface area (TPSA) is 3.24 Å². The van der Waals surface area contributed by atoms with Gasteiger partial charge < -0.3 is 4.90 Å². The highest BCUT2D eigenvalue weighted by Gasteiger charge is 2.23. The predicted octanol–water partition coefficient (Wildman–Crippen LogP) is 4.43. The highest BCUT2D eigenvalue weighted by Crippen LogP contribution is 2.27. The van der Waals surface area contributed by atoms with Crippen LogP contribution in [0.4, 0.5) is 0 Å². The number of rotatable bonds is 5. The van der Waals surface area contributed by atoms with Crippen LogP contribution in [-0.4, -0.2) is 24.5 Å². The molecule has 0 aliphatic carbocycles. The molecule has 0 bridgehead atoms. The smallest absolute Gasteiger partial charge is 0.000966 e. The van der Waals surface area contributed by atoms with E-state index in [2.05, 4.69) is 39.5 Å². The van der Waals surface area contributed by atoms with E-state index < -0.39 is 0 Å². The highest BCUT2D eigenvalue weighted by molar-refractivity contribution is 4.74. The second kappa shape index (κ2) is 7.41. The third-order valence-corrected chi connectivity index (χ3v) is 5.02. The van der Waals surface area contributed by atoms with Gasteiger partial charge in [-0.15, -0.1) is 0 Å². The number of likely N-dealkylation sites (tertiary alicyclic amines) is 1. The fourth-order valence-corrected chi connectivity index (χ4v) is 3.02. The Kier molecular flexibility index (Phi) is 6.54. The van der Waals surface area contributed by atoms with E-state index in [1.165, 1.54) is 45.3 Å². The fourth-order valence-electron chi connectivity index (χ4n) is 3.02. The molecular formula is C16H33N. The molecular weight excluding hydrogens is 206 g/mol. The lowest BCUT2D eigenvalue weighted by Gasteiger charge is -2.32. The molecule has 0 spiro atoms. The van der Waals surface area contributed by atoms with Gasteiger partial charge in [0.2, 0.25) is 0 Å². The molecule has 0 aromatic rings. The van der Waals surface area contributed by atoms with Crippen molar-refractivity contribution in [3.8, 4) is 0 Å². The van der Waals surface area contributed by atoms with Gasteiger partial charge in [0.15, 0.2) is 0 Å². The van der Waals surface area contributed by atoms with Crippen molar-refractivity contribution < 1.29 is 0 Å². The number of hydrogen-bond acceptors (Lipinski definition) is 1. The molecule has 1 nitrogen and oxygen atoms in total. The van der Waals surface area contributed by atoms with Gasteiger partial charge in [-0.25, -0.2) is 0 Å². The molecule has 3 atom stereocenters. The summed E-state index contributed by atoms with van der Waals surface area (Å²) in [5, 5.41) is 0. The summed E-state index contributed by atoms with van der Waals surface area (Å²) in [4.78, 5) is 2.71. The Morgan fingerprint density at radius 2 is 1.29 bits per heavy atom. The molecule has 1 saturated heterocycles. The molecule has 17 heavy (non-hydrogen) atoms. The number of hydrogen-bond donors (Lipinski definition) is 0. The van der Waals surface area contributed by atoms with Crippen molar-refractivity contribution in [2.24, 2.45) is 23.7 Å². The van der Waals surface area contributed by atoms with Crippen molar-refractivity contribution >= 4 is 0 Å². The van der Waals surface area contributed by atoms with Crippen molar-refractivity contribution in [3.05, 3.63) is 0 Å². The highest BCUT2D eigenvalue weighted by atomic mass is 15.1. The molecule has 0 saturated carbocycles. The average molecular weight is 239 g/mol. The van der Waals surface area contributed by atoms with Gasteiger partial charge in [-0.2, -0.15) is 0 Å². The van der Waals surface area contributed by atoms with Crippen LogP contribution in [0.1, 0.15) is 60.3 Å². The van der Waals surface area contributed by atoms with Crippen molar-refractivity contribution in [1.29, 1.82) is 0 Å². The Balaban J connectivity index is 2.38. The van der Waals surface area contributed by atoms with Gasteiger partial charge in [-0.1, -0.05) is 47.5 Å². The minimum atomic E-state index is 0.816. The molecule has 1 aliphatic heterocycles. The molecule has 0 radical (unpaired) electrons. The summed E-state index contributed by atoms with van der Waals surface area (Å²) in [6.45, 7) is 16.0. The zero-order valence-corrected chi connectivity index (χ0v) is 12.7. The van der Waals surface area contributed by atoms with Gasteiger partial charge in [0.1, 0.15) is 0 Å². The molecule has 1 rings (SSSR count). The molecule has 1 heteroatoms. The van der Waals surface area contributed by atoms with E-state index >= 15 is 0 Å². The summed E-state index contributed by atoms with van der Waals surface area (Å²) in [6, 6.07) is 0. The van der Waals surface area contributed by atoms with E-state index in [9.17, 15) is 0 Å². The summed E-state index contributed by atoms with van der Waals surface area (Å²) in [6.07, 6.45) is 5.73. The Hall–Kier alpha value is -0.0400. The van der Waals surface area contributed by atoms with E-state index in [4.69, 9.17) is 0 Å². The quantitative estimate of drug-likeness (QED) is 0.686. The largest absolute Gasteiger partial charge is 0.303 e. The molecule has 1 fully saturated rings. The third kappa shape index (κ3) is 4.99. The van der Waals surface area contributed by atoms with Crippen molar-refractivity contribution in [3.63, 3.8) is 0 Å². The Labute approximate surface area is 109 Å². The predicted molar refractivity (Wildman–Crippen MR) is 77.2 cm³/mol. The van der Waals surface area contributed by atoms with Crippen LogP contribution < -0.4 is 0 Å². The van der Waals surface area contributed by atoms with Gasteiger partial charge in [0, 0.05) is 6.54 Å². The van der Waals surface area contributed by atoms with Crippen LogP contribution >= 0.6 is 0 Å². The first-order valence-electron chi connectivity index (χ1n) is 7.74. The molecule has 0 aromatic carbocycles. The maximum absolute atomic E-state index is 2.71. The summed E-state index contributed by atoms with van der Waals surface area (Å²) in [7, 11) is 0. The first-order valence-corrected chi connectivity index (χ1v) is 7.74. The van der Waals surface area contributed by atoms with Gasteiger partial charge in [-0.3, -0.25) is 0 Å². The van der Waals surface area contributed by atoms with Crippen LogP contribution in [0.25, 0.3) is 0 Å². The zero-order chi connectivity index (χ0) is 12.8. The summed E-state index contributed by atoms with van der Waals surface area (Å²) in [5.74, 6) is 3.34. The SMILES string of the molecule is CC(C)C(C)C(C)C(C)CN1CCCCCC1. The maximum Gasteiger partial charge on any atom is 0.000966 e. The molecule has 3 unspecified atom stereocenters. The molecule has 102 valence electrons. The van der Waals surface area contributed by atoms with E-state index in [0.29, 0.717) is 0 Å². The van der Waals surface area contributed by atoms with E-state index in [1.54, 1.807) is 0 Å². The van der Waals surface area contributed by atoms with Gasteiger partial charge in [0.05, 0.1) is 0 Å². The lowest BCUT2D eigenvalue weighted by atomic mass is 9.79. The molecule has 0 N–H and O–H groups in total. The first-order chi connectivity index (χ1) is 8.02. The van der Waals surface area contributed by atoms with Gasteiger partial charge >= 0.3 is 0 Å². The Bertz CT molecular complexity index is 192. The first kappa shape index (κ1) is 15.0. The van der Waals surface area contributed by atoms with Crippen molar-refractivity contribution in [2.45, 2.75) is 60.3 Å². The second-order valence-corrected chi connectivity index (χ2v) is 6.65. The average Bonchev–Trinajstić information content (AvgIpc) is 2.55. The van der Waals surface area contributed by atoms with Crippen LogP contribution in [-0.2, 0) is 0 Å². The van der Waals surface area contributed by atoms with Gasteiger partial charge in [-0.05, 0) is 49.6 Å². The van der Waals surface area contributed by atoms with E-state index in [-0.39, 0.29) is 0 Å². The Morgan fingerprint density at radius 1 is 0.765 bits per heavy atom. The number of nitrogens with zero attached hydrogens (tertiary/aromatic N) is 1. The second-order valence-electron chi connectivity index (χ2n) is 6.65. The van der Waals surface area contributed by atoms with Crippen LogP contribution in [0, 0.1) is 23.7 Å². The maximum atomic E-state index is 2.71. The summed E-state index contributed by atoms with van der Waals surface area (Å²) < 4.78 is 0. The minimum Gasteiger partial charge on any atom is -0.303 e. The molecule has 1 aliphatic rings. The van der Waals surface area contributed by atoms with Crippen LogP contribution in [0.3, 0.4) is 0 Å². The van der Waals surface area contributed by atoms with E-state index in [1.807, 2.05) is 0 Å². The third-order valence-electron chi connectivity index (χ3n) is 5.02. The molecule has 1 heterocycles. The summed E-state index contributed by atoms with van der Waals surface area (Å²) >= 11 is 0. The molecule has 0 aromatic heterocycles. The molecule has 0 amide bonds. The van der Waals surface area contributed by atoms with Crippen molar-refractivity contribution in [1.82, 2.24) is 4.90 Å².